The zero-order valence-corrected chi connectivity index (χ0v) is 11.5. The molecule has 7 heteroatoms. The van der Waals surface area contributed by atoms with Gasteiger partial charge in [0.2, 0.25) is 0 Å². The van der Waals surface area contributed by atoms with Crippen LogP contribution in [-0.2, 0) is 0 Å². The monoisotopic (exact) mass is 287 g/mol. The van der Waals surface area contributed by atoms with Crippen molar-refractivity contribution in [1.82, 2.24) is 4.98 Å². The van der Waals surface area contributed by atoms with Crippen molar-refractivity contribution in [2.24, 2.45) is 0 Å². The second-order valence-corrected chi connectivity index (χ2v) is 4.50. The average Bonchev–Trinajstić information content (AvgIpc) is 2.41. The van der Waals surface area contributed by atoms with Crippen LogP contribution in [0, 0.1) is 24.0 Å². The minimum atomic E-state index is -1.16. The maximum absolute atomic E-state index is 11.2. The molecule has 1 aromatic heterocycles. The highest BCUT2D eigenvalue weighted by Gasteiger charge is 2.16. The highest BCUT2D eigenvalue weighted by atomic mass is 16.6. The Morgan fingerprint density at radius 1 is 1.24 bits per heavy atom. The van der Waals surface area contributed by atoms with Gasteiger partial charge in [-0.1, -0.05) is 0 Å². The number of hydrogen-bond acceptors (Lipinski definition) is 5. The molecular weight excluding hydrogens is 274 g/mol. The van der Waals surface area contributed by atoms with E-state index in [2.05, 4.69) is 10.3 Å². The number of aryl methyl sites for hydroxylation is 2. The van der Waals surface area contributed by atoms with Gasteiger partial charge in [-0.3, -0.25) is 15.1 Å². The third kappa shape index (κ3) is 3.14. The van der Waals surface area contributed by atoms with E-state index in [1.165, 1.54) is 12.1 Å². The number of carboxylic acid groups (broad SMARTS) is 1. The first kappa shape index (κ1) is 14.4. The summed E-state index contributed by atoms with van der Waals surface area (Å²) in [6.45, 7) is 3.61. The third-order valence-corrected chi connectivity index (χ3v) is 2.94. The molecule has 0 fully saturated rings. The van der Waals surface area contributed by atoms with Gasteiger partial charge in [0.25, 0.3) is 5.69 Å². The standard InChI is InChI=1S/C14H13N3O4/c1-8-3-6-12(9(2)15-8)16-13-7-10(17(20)21)4-5-11(13)14(18)19/h3-7,16H,1-2H3,(H,18,19). The average molecular weight is 287 g/mol. The number of non-ortho nitro benzene ring substituents is 1. The van der Waals surface area contributed by atoms with E-state index in [1.54, 1.807) is 19.1 Å². The van der Waals surface area contributed by atoms with Crippen molar-refractivity contribution in [3.8, 4) is 0 Å². The number of nitro benzene ring substituents is 1. The number of nitrogens with one attached hydrogen (secondary N) is 1. The van der Waals surface area contributed by atoms with E-state index >= 15 is 0 Å². The van der Waals surface area contributed by atoms with Gasteiger partial charge >= 0.3 is 5.97 Å². The molecule has 1 heterocycles. The number of carbonyl (C=O) groups is 1. The van der Waals surface area contributed by atoms with Gasteiger partial charge in [0.15, 0.2) is 0 Å². The van der Waals surface area contributed by atoms with E-state index in [0.29, 0.717) is 11.4 Å². The molecule has 1 aromatic carbocycles. The van der Waals surface area contributed by atoms with Crippen molar-refractivity contribution in [2.45, 2.75) is 13.8 Å². The van der Waals surface area contributed by atoms with Gasteiger partial charge in [0.05, 0.1) is 27.6 Å². The fourth-order valence-corrected chi connectivity index (χ4v) is 1.90. The Balaban J connectivity index is 2.48. The summed E-state index contributed by atoms with van der Waals surface area (Å²) in [6, 6.07) is 7.09. The number of aromatic carboxylic acids is 1. The molecule has 0 bridgehead atoms. The molecule has 0 atom stereocenters. The fraction of sp³-hybridized carbons (Fsp3) is 0.143. The van der Waals surface area contributed by atoms with E-state index in [-0.39, 0.29) is 16.9 Å². The van der Waals surface area contributed by atoms with Gasteiger partial charge in [-0.25, -0.2) is 4.79 Å². The van der Waals surface area contributed by atoms with E-state index in [9.17, 15) is 14.9 Å². The summed E-state index contributed by atoms with van der Waals surface area (Å²) >= 11 is 0. The van der Waals surface area contributed by atoms with Crippen LogP contribution in [0.4, 0.5) is 17.1 Å². The molecule has 0 spiro atoms. The van der Waals surface area contributed by atoms with E-state index < -0.39 is 10.9 Å². The van der Waals surface area contributed by atoms with Crippen LogP contribution in [0.2, 0.25) is 0 Å². The van der Waals surface area contributed by atoms with Crippen LogP contribution in [0.25, 0.3) is 0 Å². The minimum absolute atomic E-state index is 0.0411. The maximum Gasteiger partial charge on any atom is 0.337 e. The van der Waals surface area contributed by atoms with Crippen LogP contribution in [0.1, 0.15) is 21.7 Å². The Morgan fingerprint density at radius 2 is 1.95 bits per heavy atom. The summed E-state index contributed by atoms with van der Waals surface area (Å²) in [7, 11) is 0. The molecule has 0 aliphatic carbocycles. The van der Waals surface area contributed by atoms with Crippen LogP contribution >= 0.6 is 0 Å². The Bertz CT molecular complexity index is 728. The number of pyridine rings is 1. The molecule has 2 aromatic rings. The zero-order chi connectivity index (χ0) is 15.6. The summed E-state index contributed by atoms with van der Waals surface area (Å²) in [5, 5.41) is 22.9. The Kier molecular flexibility index (Phi) is 3.84. The van der Waals surface area contributed by atoms with Crippen molar-refractivity contribution in [3.63, 3.8) is 0 Å². The summed E-state index contributed by atoms with van der Waals surface area (Å²) in [5.41, 5.74) is 2.04. The van der Waals surface area contributed by atoms with E-state index in [0.717, 1.165) is 11.8 Å². The molecule has 21 heavy (non-hydrogen) atoms. The van der Waals surface area contributed by atoms with Crippen molar-refractivity contribution >= 4 is 23.0 Å². The SMILES string of the molecule is Cc1ccc(Nc2cc([N+](=O)[O-])ccc2C(=O)O)c(C)n1. The van der Waals surface area contributed by atoms with Crippen LogP contribution < -0.4 is 5.32 Å². The molecular formula is C14H13N3O4. The lowest BCUT2D eigenvalue weighted by molar-refractivity contribution is -0.384. The van der Waals surface area contributed by atoms with Crippen LogP contribution in [0.5, 0.6) is 0 Å². The maximum atomic E-state index is 11.2. The molecule has 0 unspecified atom stereocenters. The largest absolute Gasteiger partial charge is 0.478 e. The van der Waals surface area contributed by atoms with Crippen LogP contribution in [0.15, 0.2) is 30.3 Å². The first-order chi connectivity index (χ1) is 9.88. The quantitative estimate of drug-likeness (QED) is 0.661. The molecule has 0 radical (unpaired) electrons. The predicted molar refractivity (Wildman–Crippen MR) is 77.0 cm³/mol. The van der Waals surface area contributed by atoms with Gasteiger partial charge in [0, 0.05) is 17.8 Å². The molecule has 108 valence electrons. The van der Waals surface area contributed by atoms with E-state index in [1.807, 2.05) is 6.92 Å². The molecule has 0 saturated heterocycles. The zero-order valence-electron chi connectivity index (χ0n) is 11.5. The number of hydrogen-bond donors (Lipinski definition) is 2. The number of rotatable bonds is 4. The lowest BCUT2D eigenvalue weighted by Gasteiger charge is -2.11. The van der Waals surface area contributed by atoms with Crippen LogP contribution in [0.3, 0.4) is 0 Å². The van der Waals surface area contributed by atoms with Crippen molar-refractivity contribution in [3.05, 3.63) is 57.4 Å². The minimum Gasteiger partial charge on any atom is -0.478 e. The number of carboxylic acids is 1. The Labute approximate surface area is 120 Å². The highest BCUT2D eigenvalue weighted by molar-refractivity contribution is 5.95. The highest BCUT2D eigenvalue weighted by Crippen LogP contribution is 2.27. The van der Waals surface area contributed by atoms with Crippen molar-refractivity contribution in [2.75, 3.05) is 5.32 Å². The van der Waals surface area contributed by atoms with Crippen LogP contribution in [-0.4, -0.2) is 21.0 Å². The molecule has 2 rings (SSSR count). The van der Waals surface area contributed by atoms with Gasteiger partial charge in [-0.2, -0.15) is 0 Å². The Morgan fingerprint density at radius 3 is 2.52 bits per heavy atom. The van der Waals surface area contributed by atoms with Crippen molar-refractivity contribution < 1.29 is 14.8 Å². The van der Waals surface area contributed by atoms with Gasteiger partial charge in [-0.05, 0) is 32.0 Å². The van der Waals surface area contributed by atoms with Gasteiger partial charge in [0.1, 0.15) is 0 Å². The second-order valence-electron chi connectivity index (χ2n) is 4.50. The molecule has 2 N–H and O–H groups in total. The third-order valence-electron chi connectivity index (χ3n) is 2.94. The normalized spacial score (nSPS) is 10.2. The number of nitrogens with zero attached hydrogens (tertiary/aromatic N) is 2. The molecule has 0 saturated carbocycles. The summed E-state index contributed by atoms with van der Waals surface area (Å²) in [5.74, 6) is -1.16. The molecule has 7 nitrogen and oxygen atoms in total. The topological polar surface area (TPSA) is 105 Å². The number of aromatic nitrogens is 1. The number of benzene rings is 1. The summed E-state index contributed by atoms with van der Waals surface area (Å²) in [6.07, 6.45) is 0. The molecule has 0 aliphatic heterocycles. The first-order valence-corrected chi connectivity index (χ1v) is 6.11. The summed E-state index contributed by atoms with van der Waals surface area (Å²) in [4.78, 5) is 25.7. The number of nitro groups is 1. The fourth-order valence-electron chi connectivity index (χ4n) is 1.90. The molecule has 0 aliphatic rings. The molecule has 0 amide bonds. The Hall–Kier alpha value is -2.96. The van der Waals surface area contributed by atoms with Gasteiger partial charge in [-0.15, -0.1) is 0 Å². The second kappa shape index (κ2) is 5.58. The van der Waals surface area contributed by atoms with Crippen molar-refractivity contribution in [1.29, 1.82) is 0 Å². The summed E-state index contributed by atoms with van der Waals surface area (Å²) < 4.78 is 0. The first-order valence-electron chi connectivity index (χ1n) is 6.11. The predicted octanol–water partition coefficient (Wildman–Crippen LogP) is 3.05. The van der Waals surface area contributed by atoms with E-state index in [4.69, 9.17) is 5.11 Å². The lowest BCUT2D eigenvalue weighted by atomic mass is 10.1. The smallest absolute Gasteiger partial charge is 0.337 e. The lowest BCUT2D eigenvalue weighted by Crippen LogP contribution is -2.05. The number of anilines is 2. The van der Waals surface area contributed by atoms with Gasteiger partial charge < -0.3 is 10.4 Å².